The van der Waals surface area contributed by atoms with Gasteiger partial charge in [0, 0.05) is 6.04 Å². The summed E-state index contributed by atoms with van der Waals surface area (Å²) in [6, 6.07) is 14.4. The Bertz CT molecular complexity index is 1070. The molecule has 1 aromatic heterocycles. The van der Waals surface area contributed by atoms with E-state index in [1.54, 1.807) is 22.8 Å². The Hall–Kier alpha value is -1.96. The average molecular weight is 391 g/mol. The molecule has 1 N–H and O–H groups in total. The van der Waals surface area contributed by atoms with Crippen molar-refractivity contribution in [3.05, 3.63) is 63.8 Å². The second-order valence-electron chi connectivity index (χ2n) is 6.72. The number of thiazole rings is 1. The number of hydrogen-bond donors (Lipinski definition) is 1. The molecule has 7 heteroatoms. The number of nitrogens with zero attached hydrogens (tertiary/aromatic N) is 1. The van der Waals surface area contributed by atoms with Crippen LogP contribution in [0.3, 0.4) is 0 Å². The normalized spacial score (nSPS) is 13.4. The van der Waals surface area contributed by atoms with Crippen molar-refractivity contribution in [3.8, 4) is 0 Å². The van der Waals surface area contributed by atoms with Gasteiger partial charge in [-0.25, -0.2) is 13.1 Å². The van der Waals surface area contributed by atoms with Gasteiger partial charge in [0.05, 0.1) is 21.7 Å². The fraction of sp³-hybridized carbons (Fsp3) is 0.316. The minimum Gasteiger partial charge on any atom is -0.294 e. The van der Waals surface area contributed by atoms with Crippen LogP contribution < -0.4 is 9.60 Å². The minimum absolute atomic E-state index is 0.0955. The van der Waals surface area contributed by atoms with Crippen LogP contribution in [0.5, 0.6) is 0 Å². The van der Waals surface area contributed by atoms with Crippen LogP contribution in [0, 0.1) is 5.92 Å². The van der Waals surface area contributed by atoms with Crippen molar-refractivity contribution in [2.75, 3.05) is 0 Å². The Morgan fingerprint density at radius 1 is 1.08 bits per heavy atom. The van der Waals surface area contributed by atoms with Gasteiger partial charge >= 0.3 is 4.87 Å². The smallest absolute Gasteiger partial charge is 0.294 e. The highest BCUT2D eigenvalue weighted by Gasteiger charge is 2.20. The standard InChI is InChI=1S/C19H22N2O3S2/c1-13(2)14(3)20-26(23,24)16-9-10-17-18(11-16)25-19(22)21(17)12-15-7-5-4-6-8-15/h4-11,13-14,20H,12H2,1-3H3. The Labute approximate surface area is 157 Å². The van der Waals surface area contributed by atoms with Gasteiger partial charge in [0.15, 0.2) is 0 Å². The van der Waals surface area contributed by atoms with E-state index in [2.05, 4.69) is 4.72 Å². The summed E-state index contributed by atoms with van der Waals surface area (Å²) in [7, 11) is -3.61. The molecule has 1 atom stereocenters. The topological polar surface area (TPSA) is 68.2 Å². The molecule has 0 radical (unpaired) electrons. The first-order valence-electron chi connectivity index (χ1n) is 8.47. The van der Waals surface area contributed by atoms with Gasteiger partial charge in [-0.2, -0.15) is 0 Å². The zero-order chi connectivity index (χ0) is 18.9. The second-order valence-corrected chi connectivity index (χ2v) is 9.43. The van der Waals surface area contributed by atoms with Crippen molar-refractivity contribution in [2.45, 2.75) is 38.3 Å². The maximum Gasteiger partial charge on any atom is 0.308 e. The van der Waals surface area contributed by atoms with E-state index in [0.29, 0.717) is 11.2 Å². The molecular formula is C19H22N2O3S2. The highest BCUT2D eigenvalue weighted by Crippen LogP contribution is 2.23. The van der Waals surface area contributed by atoms with Crippen molar-refractivity contribution < 1.29 is 8.42 Å². The van der Waals surface area contributed by atoms with Crippen molar-refractivity contribution in [1.29, 1.82) is 0 Å². The van der Waals surface area contributed by atoms with Crippen LogP contribution in [-0.2, 0) is 16.6 Å². The minimum atomic E-state index is -3.61. The van der Waals surface area contributed by atoms with E-state index in [9.17, 15) is 13.2 Å². The molecule has 2 aromatic carbocycles. The first kappa shape index (κ1) is 18.8. The first-order chi connectivity index (χ1) is 12.3. The van der Waals surface area contributed by atoms with Crippen LogP contribution in [0.1, 0.15) is 26.3 Å². The fourth-order valence-corrected chi connectivity index (χ4v) is 5.00. The van der Waals surface area contributed by atoms with Crippen LogP contribution in [0.2, 0.25) is 0 Å². The number of hydrogen-bond acceptors (Lipinski definition) is 4. The Balaban J connectivity index is 1.97. The number of fused-ring (bicyclic) bond motifs is 1. The van der Waals surface area contributed by atoms with E-state index in [1.807, 2.05) is 51.1 Å². The molecule has 0 bridgehead atoms. The molecular weight excluding hydrogens is 368 g/mol. The summed E-state index contributed by atoms with van der Waals surface area (Å²) in [6.07, 6.45) is 0. The monoisotopic (exact) mass is 390 g/mol. The molecule has 5 nitrogen and oxygen atoms in total. The van der Waals surface area contributed by atoms with E-state index in [-0.39, 0.29) is 21.7 Å². The van der Waals surface area contributed by atoms with Crippen LogP contribution in [-0.4, -0.2) is 19.0 Å². The molecule has 138 valence electrons. The molecule has 1 unspecified atom stereocenters. The highest BCUT2D eigenvalue weighted by atomic mass is 32.2. The average Bonchev–Trinajstić information content (AvgIpc) is 2.90. The zero-order valence-electron chi connectivity index (χ0n) is 15.0. The summed E-state index contributed by atoms with van der Waals surface area (Å²) >= 11 is 1.07. The molecule has 0 aliphatic heterocycles. The summed E-state index contributed by atoms with van der Waals surface area (Å²) < 4.78 is 30.2. The van der Waals surface area contributed by atoms with E-state index in [0.717, 1.165) is 22.4 Å². The van der Waals surface area contributed by atoms with Gasteiger partial charge in [-0.3, -0.25) is 9.36 Å². The summed E-state index contributed by atoms with van der Waals surface area (Å²) in [5, 5.41) is 0. The molecule has 1 heterocycles. The fourth-order valence-electron chi connectivity index (χ4n) is 2.58. The van der Waals surface area contributed by atoms with E-state index < -0.39 is 10.0 Å². The molecule has 3 rings (SSSR count). The molecule has 0 aliphatic carbocycles. The Kier molecular flexibility index (Phi) is 5.32. The number of sulfonamides is 1. The van der Waals surface area contributed by atoms with E-state index in [4.69, 9.17) is 0 Å². The SMILES string of the molecule is CC(C)C(C)NS(=O)(=O)c1ccc2c(c1)sc(=O)n2Cc1ccccc1. The molecule has 0 aliphatic rings. The van der Waals surface area contributed by atoms with Crippen LogP contribution in [0.15, 0.2) is 58.2 Å². The van der Waals surface area contributed by atoms with Gasteiger partial charge in [0.2, 0.25) is 10.0 Å². The van der Waals surface area contributed by atoms with Gasteiger partial charge < -0.3 is 0 Å². The molecule has 0 amide bonds. The predicted octanol–water partition coefficient (Wildman–Crippen LogP) is 3.43. The maximum atomic E-state index is 12.6. The molecule has 0 spiro atoms. The van der Waals surface area contributed by atoms with Gasteiger partial charge in [-0.1, -0.05) is 55.5 Å². The maximum absolute atomic E-state index is 12.6. The largest absolute Gasteiger partial charge is 0.308 e. The van der Waals surface area contributed by atoms with Crippen molar-refractivity contribution in [1.82, 2.24) is 9.29 Å². The number of aromatic nitrogens is 1. The summed E-state index contributed by atoms with van der Waals surface area (Å²) in [5.41, 5.74) is 1.78. The Morgan fingerprint density at radius 3 is 2.42 bits per heavy atom. The lowest BCUT2D eigenvalue weighted by molar-refractivity contribution is 0.476. The summed E-state index contributed by atoms with van der Waals surface area (Å²) in [5.74, 6) is 0.191. The van der Waals surface area contributed by atoms with Crippen molar-refractivity contribution in [3.63, 3.8) is 0 Å². The predicted molar refractivity (Wildman–Crippen MR) is 106 cm³/mol. The Morgan fingerprint density at radius 2 is 1.77 bits per heavy atom. The van der Waals surface area contributed by atoms with Crippen LogP contribution in [0.25, 0.3) is 10.2 Å². The highest BCUT2D eigenvalue weighted by molar-refractivity contribution is 7.89. The zero-order valence-corrected chi connectivity index (χ0v) is 16.6. The van der Waals surface area contributed by atoms with Gasteiger partial charge in [-0.15, -0.1) is 0 Å². The molecule has 0 saturated carbocycles. The molecule has 0 saturated heterocycles. The van der Waals surface area contributed by atoms with E-state index >= 15 is 0 Å². The van der Waals surface area contributed by atoms with Crippen molar-refractivity contribution in [2.24, 2.45) is 5.92 Å². The van der Waals surface area contributed by atoms with Crippen LogP contribution in [0.4, 0.5) is 0 Å². The molecule has 0 fully saturated rings. The van der Waals surface area contributed by atoms with Gasteiger partial charge in [-0.05, 0) is 36.6 Å². The van der Waals surface area contributed by atoms with Gasteiger partial charge in [0.1, 0.15) is 0 Å². The molecule has 26 heavy (non-hydrogen) atoms. The third-order valence-electron chi connectivity index (χ3n) is 4.47. The number of benzene rings is 2. The van der Waals surface area contributed by atoms with Crippen molar-refractivity contribution >= 4 is 31.6 Å². The van der Waals surface area contributed by atoms with Gasteiger partial charge in [0.25, 0.3) is 0 Å². The van der Waals surface area contributed by atoms with E-state index in [1.165, 1.54) is 0 Å². The second kappa shape index (κ2) is 7.34. The van der Waals surface area contributed by atoms with Crippen LogP contribution >= 0.6 is 11.3 Å². The quantitative estimate of drug-likeness (QED) is 0.701. The number of nitrogens with one attached hydrogen (secondary N) is 1. The lowest BCUT2D eigenvalue weighted by atomic mass is 10.1. The third kappa shape index (κ3) is 3.90. The lowest BCUT2D eigenvalue weighted by Crippen LogP contribution is -2.36. The molecule has 3 aromatic rings. The lowest BCUT2D eigenvalue weighted by Gasteiger charge is -2.17. The summed E-state index contributed by atoms with van der Waals surface area (Å²) in [6.45, 7) is 6.24. The first-order valence-corrected chi connectivity index (χ1v) is 10.8. The number of rotatable bonds is 6. The third-order valence-corrected chi connectivity index (χ3v) is 6.97. The summed E-state index contributed by atoms with van der Waals surface area (Å²) in [4.78, 5) is 12.5.